The Morgan fingerprint density at radius 3 is 2.59 bits per heavy atom. The lowest BCUT2D eigenvalue weighted by Gasteiger charge is -2.17. The van der Waals surface area contributed by atoms with Crippen LogP contribution in [0, 0.1) is 0 Å². The number of aromatic nitrogens is 4. The number of ketones is 1. The summed E-state index contributed by atoms with van der Waals surface area (Å²) in [5.41, 5.74) is 2.76. The van der Waals surface area contributed by atoms with Gasteiger partial charge in [-0.15, -0.1) is 5.10 Å². The van der Waals surface area contributed by atoms with E-state index in [0.717, 1.165) is 48.8 Å². The van der Waals surface area contributed by atoms with Crippen molar-refractivity contribution in [1.82, 2.24) is 19.3 Å². The molecule has 0 radical (unpaired) electrons. The lowest BCUT2D eigenvalue weighted by atomic mass is 10.1. The van der Waals surface area contributed by atoms with Gasteiger partial charge in [0.2, 0.25) is 0 Å². The van der Waals surface area contributed by atoms with Crippen molar-refractivity contribution < 1.29 is 4.79 Å². The predicted octanol–water partition coefficient (Wildman–Crippen LogP) is 4.89. The van der Waals surface area contributed by atoms with Crippen molar-refractivity contribution in [3.05, 3.63) is 81.2 Å². The Balaban J connectivity index is 1.55. The van der Waals surface area contributed by atoms with Crippen molar-refractivity contribution in [2.24, 2.45) is 0 Å². The van der Waals surface area contributed by atoms with Crippen LogP contribution in [0.3, 0.4) is 0 Å². The van der Waals surface area contributed by atoms with Gasteiger partial charge in [-0.25, -0.2) is 4.98 Å². The van der Waals surface area contributed by atoms with Crippen LogP contribution in [0.5, 0.6) is 0 Å². The van der Waals surface area contributed by atoms with Gasteiger partial charge >= 0.3 is 0 Å². The average molecular weight is 465 g/mol. The monoisotopic (exact) mass is 464 g/mol. The lowest BCUT2D eigenvalue weighted by molar-refractivity contribution is 0.102. The minimum Gasteiger partial charge on any atom is -0.324 e. The van der Waals surface area contributed by atoms with E-state index in [1.807, 2.05) is 30.3 Å². The number of carbonyl (C=O) groups excluding carboxylic acids is 1. The first-order chi connectivity index (χ1) is 15.6. The highest BCUT2D eigenvalue weighted by Crippen LogP contribution is 2.30. The average Bonchev–Trinajstić information content (AvgIpc) is 2.98. The number of rotatable bonds is 5. The number of benzene rings is 2. The van der Waals surface area contributed by atoms with Crippen molar-refractivity contribution >= 4 is 29.1 Å². The fraction of sp³-hybridized carbons (Fsp3) is 0.250. The fourth-order valence-electron chi connectivity index (χ4n) is 4.06. The summed E-state index contributed by atoms with van der Waals surface area (Å²) >= 11 is 7.33. The van der Waals surface area contributed by atoms with Crippen molar-refractivity contribution in [3.63, 3.8) is 0 Å². The Kier molecular flexibility index (Phi) is 5.85. The number of halogens is 1. The SMILES string of the molecule is O=C(CSc1nc2nn(-c3ccccc3)c(=O)c-2c2n1CCCCC2)c1ccc(Cl)cc1. The van der Waals surface area contributed by atoms with Crippen LogP contribution >= 0.6 is 23.4 Å². The van der Waals surface area contributed by atoms with Crippen LogP contribution in [0.4, 0.5) is 0 Å². The number of fused-ring (bicyclic) bond motifs is 3. The summed E-state index contributed by atoms with van der Waals surface area (Å²) in [5.74, 6) is 0.702. The number of hydrogen-bond acceptors (Lipinski definition) is 5. The smallest absolute Gasteiger partial charge is 0.284 e. The van der Waals surface area contributed by atoms with Gasteiger partial charge in [-0.05, 0) is 55.7 Å². The summed E-state index contributed by atoms with van der Waals surface area (Å²) in [7, 11) is 0. The summed E-state index contributed by atoms with van der Waals surface area (Å²) in [5, 5.41) is 5.88. The molecule has 162 valence electrons. The summed E-state index contributed by atoms with van der Waals surface area (Å²) in [6.07, 6.45) is 3.93. The van der Waals surface area contributed by atoms with E-state index in [1.165, 1.54) is 16.4 Å². The highest BCUT2D eigenvalue weighted by molar-refractivity contribution is 7.99. The maximum absolute atomic E-state index is 13.3. The molecule has 6 nitrogen and oxygen atoms in total. The first kappa shape index (κ1) is 21.0. The number of nitrogens with zero attached hydrogens (tertiary/aromatic N) is 4. The van der Waals surface area contributed by atoms with E-state index < -0.39 is 0 Å². The van der Waals surface area contributed by atoms with Gasteiger partial charge in [0.05, 0.1) is 11.4 Å². The molecule has 0 aliphatic carbocycles. The van der Waals surface area contributed by atoms with Crippen LogP contribution in [0.1, 0.15) is 35.3 Å². The number of hydrogen-bond donors (Lipinski definition) is 0. The number of thioether (sulfide) groups is 1. The van der Waals surface area contributed by atoms with E-state index in [4.69, 9.17) is 16.6 Å². The van der Waals surface area contributed by atoms with Crippen LogP contribution in [-0.2, 0) is 13.0 Å². The first-order valence-electron chi connectivity index (χ1n) is 10.6. The molecule has 0 bridgehead atoms. The Bertz CT molecular complexity index is 1300. The molecule has 3 aliphatic rings. The highest BCUT2D eigenvalue weighted by atomic mass is 35.5. The minimum atomic E-state index is -0.141. The van der Waals surface area contributed by atoms with E-state index in [9.17, 15) is 9.59 Å². The molecule has 0 amide bonds. The molecule has 32 heavy (non-hydrogen) atoms. The predicted molar refractivity (Wildman–Crippen MR) is 126 cm³/mol. The molecule has 8 heteroatoms. The molecule has 0 N–H and O–H groups in total. The largest absolute Gasteiger partial charge is 0.324 e. The Morgan fingerprint density at radius 1 is 1.03 bits per heavy atom. The molecule has 2 aromatic carbocycles. The maximum atomic E-state index is 13.3. The van der Waals surface area contributed by atoms with Crippen LogP contribution in [0.25, 0.3) is 17.1 Å². The number of Topliss-reactive ketones (excluding diaryl/α,β-unsaturated/α-hetero) is 1. The zero-order valence-corrected chi connectivity index (χ0v) is 18.9. The quantitative estimate of drug-likeness (QED) is 0.239. The molecule has 0 fully saturated rings. The molecular formula is C24H21ClN4O2S. The fourth-order valence-corrected chi connectivity index (χ4v) is 5.12. The molecule has 0 unspecified atom stereocenters. The highest BCUT2D eigenvalue weighted by Gasteiger charge is 2.27. The molecule has 0 atom stereocenters. The van der Waals surface area contributed by atoms with Gasteiger partial charge in [-0.3, -0.25) is 9.59 Å². The van der Waals surface area contributed by atoms with Gasteiger partial charge < -0.3 is 4.57 Å². The van der Waals surface area contributed by atoms with Gasteiger partial charge in [0, 0.05) is 22.8 Å². The standard InChI is InChI=1S/C24H21ClN4O2S/c25-17-12-10-16(11-13-17)20(30)15-32-24-26-22-21(19-9-5-2-6-14-28(19)24)23(31)29(27-22)18-7-3-1-4-8-18/h1,3-4,7-8,10-13H,2,5-6,9,14-15H2. The van der Waals surface area contributed by atoms with Crippen molar-refractivity contribution in [3.8, 4) is 17.1 Å². The molecule has 5 rings (SSSR count). The maximum Gasteiger partial charge on any atom is 0.284 e. The second kappa shape index (κ2) is 8.92. The third-order valence-electron chi connectivity index (χ3n) is 5.67. The van der Waals surface area contributed by atoms with Crippen LogP contribution in [0.15, 0.2) is 64.5 Å². The lowest BCUT2D eigenvalue weighted by Crippen LogP contribution is -2.19. The van der Waals surface area contributed by atoms with Crippen molar-refractivity contribution in [1.29, 1.82) is 0 Å². The van der Waals surface area contributed by atoms with Gasteiger partial charge in [0.25, 0.3) is 5.56 Å². The topological polar surface area (TPSA) is 69.8 Å². The molecule has 0 saturated carbocycles. The zero-order valence-electron chi connectivity index (χ0n) is 17.3. The van der Waals surface area contributed by atoms with E-state index in [-0.39, 0.29) is 17.1 Å². The third-order valence-corrected chi connectivity index (χ3v) is 6.89. The summed E-state index contributed by atoms with van der Waals surface area (Å²) in [6, 6.07) is 16.3. The van der Waals surface area contributed by atoms with Crippen LogP contribution in [0.2, 0.25) is 5.02 Å². The van der Waals surface area contributed by atoms with Gasteiger partial charge in [-0.1, -0.05) is 48.0 Å². The van der Waals surface area contributed by atoms with E-state index in [0.29, 0.717) is 22.0 Å². The third kappa shape index (κ3) is 3.98. The van der Waals surface area contributed by atoms with Crippen molar-refractivity contribution in [2.45, 2.75) is 37.4 Å². The first-order valence-corrected chi connectivity index (χ1v) is 12.0. The van der Waals surface area contributed by atoms with E-state index in [1.54, 1.807) is 24.3 Å². The van der Waals surface area contributed by atoms with Crippen molar-refractivity contribution in [2.75, 3.05) is 5.75 Å². The summed E-state index contributed by atoms with van der Waals surface area (Å²) in [4.78, 5) is 30.7. The molecule has 3 aliphatic heterocycles. The second-order valence-electron chi connectivity index (χ2n) is 7.77. The molecule has 3 heterocycles. The normalized spacial score (nSPS) is 13.7. The number of carbonyl (C=O) groups is 1. The molecule has 0 aromatic heterocycles. The van der Waals surface area contributed by atoms with Gasteiger partial charge in [0.15, 0.2) is 16.8 Å². The minimum absolute atomic E-state index is 0.0101. The second-order valence-corrected chi connectivity index (χ2v) is 9.15. The Labute approximate surface area is 194 Å². The zero-order chi connectivity index (χ0) is 22.1. The van der Waals surface area contributed by atoms with Gasteiger partial charge in [-0.2, -0.15) is 4.68 Å². The van der Waals surface area contributed by atoms with Crippen LogP contribution in [-0.4, -0.2) is 30.9 Å². The van der Waals surface area contributed by atoms with Crippen LogP contribution < -0.4 is 5.56 Å². The Morgan fingerprint density at radius 2 is 1.81 bits per heavy atom. The number of para-hydroxylation sites is 1. The molecule has 2 aromatic rings. The molecule has 0 saturated heterocycles. The molecule has 0 spiro atoms. The summed E-state index contributed by atoms with van der Waals surface area (Å²) < 4.78 is 3.55. The Hall–Kier alpha value is -2.90. The van der Waals surface area contributed by atoms with E-state index >= 15 is 0 Å². The summed E-state index contributed by atoms with van der Waals surface area (Å²) in [6.45, 7) is 0.783. The van der Waals surface area contributed by atoms with Gasteiger partial charge in [0.1, 0.15) is 5.56 Å². The molecular weight excluding hydrogens is 444 g/mol. The van der Waals surface area contributed by atoms with E-state index in [2.05, 4.69) is 9.67 Å².